The number of hydrogen-bond acceptors (Lipinski definition) is 7. The van der Waals surface area contributed by atoms with Crippen LogP contribution in [0.4, 0.5) is 9.59 Å². The zero-order valence-corrected chi connectivity index (χ0v) is 17.0. The van der Waals surface area contributed by atoms with Gasteiger partial charge < -0.3 is 4.74 Å². The number of oxime groups is 1. The molecule has 0 saturated carbocycles. The predicted octanol–water partition coefficient (Wildman–Crippen LogP) is 4.60. The van der Waals surface area contributed by atoms with E-state index in [1.54, 1.807) is 14.0 Å². The normalized spacial score (nSPS) is 12.5. The van der Waals surface area contributed by atoms with Crippen molar-refractivity contribution in [3.63, 3.8) is 0 Å². The van der Waals surface area contributed by atoms with Crippen molar-refractivity contribution in [3.8, 4) is 0 Å². The van der Waals surface area contributed by atoms with E-state index in [2.05, 4.69) is 19.0 Å². The number of thioether (sulfide) groups is 1. The fraction of sp³-hybridized carbons (Fsp3) is 0.800. The van der Waals surface area contributed by atoms with Gasteiger partial charge in [0, 0.05) is 14.1 Å². The molecule has 0 aromatic carbocycles. The maximum absolute atomic E-state index is 12.0. The maximum atomic E-state index is 12.0. The van der Waals surface area contributed by atoms with Gasteiger partial charge in [0.25, 0.3) is 0 Å². The van der Waals surface area contributed by atoms with Crippen LogP contribution >= 0.6 is 23.9 Å². The standard InChI is InChI=1S/C15H29N3O4S2/c1-7-9-10-13(8-2)11-21-14(19)17(4)24-18(5)15(20)22-16-12(3)23-6/h13H,7-11H2,1-6H3. The monoisotopic (exact) mass is 379 g/mol. The number of carbonyl (C=O) groups is 2. The predicted molar refractivity (Wildman–Crippen MR) is 101 cm³/mol. The third-order valence-electron chi connectivity index (χ3n) is 3.29. The minimum atomic E-state index is -0.664. The Balaban J connectivity index is 4.26. The summed E-state index contributed by atoms with van der Waals surface area (Å²) in [5, 5.41) is 4.29. The van der Waals surface area contributed by atoms with Gasteiger partial charge in [-0.15, -0.1) is 11.8 Å². The molecule has 24 heavy (non-hydrogen) atoms. The fourth-order valence-electron chi connectivity index (χ4n) is 1.63. The van der Waals surface area contributed by atoms with E-state index in [0.717, 1.165) is 37.8 Å². The van der Waals surface area contributed by atoms with Gasteiger partial charge in [0.1, 0.15) is 5.04 Å². The van der Waals surface area contributed by atoms with E-state index in [-0.39, 0.29) is 0 Å². The number of nitrogens with zero attached hydrogens (tertiary/aromatic N) is 3. The molecule has 0 saturated heterocycles. The summed E-state index contributed by atoms with van der Waals surface area (Å²) in [5.41, 5.74) is 0. The quantitative estimate of drug-likeness (QED) is 0.192. The van der Waals surface area contributed by atoms with Crippen LogP contribution in [0.3, 0.4) is 0 Å². The van der Waals surface area contributed by atoms with E-state index in [1.165, 1.54) is 27.4 Å². The van der Waals surface area contributed by atoms with Crippen LogP contribution in [-0.2, 0) is 9.57 Å². The fourth-order valence-corrected chi connectivity index (χ4v) is 2.33. The van der Waals surface area contributed by atoms with Gasteiger partial charge in [0.15, 0.2) is 0 Å². The molecular formula is C15H29N3O4S2. The Bertz CT molecular complexity index is 422. The Labute approximate surface area is 153 Å². The average Bonchev–Trinajstić information content (AvgIpc) is 2.58. The SMILES string of the molecule is CCCCC(CC)COC(=O)N(C)SN(C)C(=O)ON=C(C)SC. The van der Waals surface area contributed by atoms with Gasteiger partial charge in [-0.3, -0.25) is 4.84 Å². The van der Waals surface area contributed by atoms with Crippen LogP contribution in [0.2, 0.25) is 0 Å². The van der Waals surface area contributed by atoms with E-state index in [1.807, 2.05) is 6.26 Å². The highest BCUT2D eigenvalue weighted by atomic mass is 32.2. The Morgan fingerprint density at radius 1 is 1.17 bits per heavy atom. The Kier molecular flexibility index (Phi) is 12.6. The van der Waals surface area contributed by atoms with Crippen molar-refractivity contribution in [2.75, 3.05) is 27.0 Å². The summed E-state index contributed by atoms with van der Waals surface area (Å²) in [7, 11) is 3.04. The molecule has 0 aliphatic rings. The molecule has 1 atom stereocenters. The number of hydrogen-bond donors (Lipinski definition) is 0. The van der Waals surface area contributed by atoms with Gasteiger partial charge in [0.2, 0.25) is 0 Å². The summed E-state index contributed by atoms with van der Waals surface area (Å²) < 4.78 is 7.73. The first kappa shape index (κ1) is 22.9. The first-order valence-corrected chi connectivity index (χ1v) is 9.92. The zero-order valence-electron chi connectivity index (χ0n) is 15.4. The lowest BCUT2D eigenvalue weighted by atomic mass is 10.0. The molecule has 140 valence electrons. The van der Waals surface area contributed by atoms with E-state index in [4.69, 9.17) is 9.57 Å². The second-order valence-corrected chi connectivity index (χ2v) is 7.50. The minimum Gasteiger partial charge on any atom is -0.448 e. The Morgan fingerprint density at radius 2 is 1.79 bits per heavy atom. The topological polar surface area (TPSA) is 71.4 Å². The van der Waals surface area contributed by atoms with Gasteiger partial charge in [-0.05, 0) is 25.5 Å². The first-order chi connectivity index (χ1) is 11.3. The second-order valence-electron chi connectivity index (χ2n) is 5.24. The molecule has 0 radical (unpaired) electrons. The summed E-state index contributed by atoms with van der Waals surface area (Å²) in [4.78, 5) is 28.5. The lowest BCUT2D eigenvalue weighted by Crippen LogP contribution is -2.30. The van der Waals surface area contributed by atoms with Crippen LogP contribution < -0.4 is 0 Å². The molecule has 2 amide bonds. The van der Waals surface area contributed by atoms with Crippen molar-refractivity contribution in [3.05, 3.63) is 0 Å². The molecule has 0 aromatic rings. The van der Waals surface area contributed by atoms with Crippen LogP contribution in [0, 0.1) is 5.92 Å². The van der Waals surface area contributed by atoms with Crippen LogP contribution in [0.25, 0.3) is 0 Å². The molecule has 9 heteroatoms. The molecule has 0 N–H and O–H groups in total. The third-order valence-corrected chi connectivity index (χ3v) is 4.75. The summed E-state index contributed by atoms with van der Waals surface area (Å²) in [5.74, 6) is 0.374. The van der Waals surface area contributed by atoms with E-state index in [9.17, 15) is 9.59 Å². The molecule has 0 spiro atoms. The molecular weight excluding hydrogens is 350 g/mol. The van der Waals surface area contributed by atoms with Crippen molar-refractivity contribution in [1.29, 1.82) is 0 Å². The molecule has 0 heterocycles. The minimum absolute atomic E-state index is 0.374. The zero-order chi connectivity index (χ0) is 18.5. The summed E-state index contributed by atoms with van der Waals surface area (Å²) >= 11 is 2.27. The third kappa shape index (κ3) is 9.92. The maximum Gasteiger partial charge on any atom is 0.447 e. The Morgan fingerprint density at radius 3 is 2.33 bits per heavy atom. The highest BCUT2D eigenvalue weighted by Gasteiger charge is 2.20. The van der Waals surface area contributed by atoms with E-state index >= 15 is 0 Å². The summed E-state index contributed by atoms with van der Waals surface area (Å²) in [6.07, 6.45) is 4.97. The summed E-state index contributed by atoms with van der Waals surface area (Å²) in [6.45, 7) is 6.36. The van der Waals surface area contributed by atoms with Gasteiger partial charge >= 0.3 is 12.2 Å². The smallest absolute Gasteiger partial charge is 0.447 e. The highest BCUT2D eigenvalue weighted by Crippen LogP contribution is 2.17. The average molecular weight is 380 g/mol. The van der Waals surface area contributed by atoms with Gasteiger partial charge in [0.05, 0.1) is 18.7 Å². The molecule has 0 bridgehead atoms. The van der Waals surface area contributed by atoms with Crippen molar-refractivity contribution in [2.45, 2.75) is 46.5 Å². The lowest BCUT2D eigenvalue weighted by Gasteiger charge is -2.22. The number of carbonyl (C=O) groups excluding carboxylic acids is 2. The van der Waals surface area contributed by atoms with Crippen LogP contribution in [0.15, 0.2) is 5.16 Å². The van der Waals surface area contributed by atoms with Crippen LogP contribution in [-0.4, -0.2) is 52.8 Å². The van der Waals surface area contributed by atoms with Crippen LogP contribution in [0.5, 0.6) is 0 Å². The highest BCUT2D eigenvalue weighted by molar-refractivity contribution is 8.13. The van der Waals surface area contributed by atoms with E-state index in [0.29, 0.717) is 17.6 Å². The number of rotatable bonds is 9. The number of ether oxygens (including phenoxy) is 1. The van der Waals surface area contributed by atoms with E-state index < -0.39 is 12.2 Å². The second kappa shape index (κ2) is 13.2. The van der Waals surface area contributed by atoms with Crippen molar-refractivity contribution >= 4 is 41.1 Å². The van der Waals surface area contributed by atoms with Gasteiger partial charge in [-0.25, -0.2) is 18.2 Å². The van der Waals surface area contributed by atoms with Crippen molar-refractivity contribution < 1.29 is 19.2 Å². The number of amides is 2. The van der Waals surface area contributed by atoms with Crippen LogP contribution in [0.1, 0.15) is 46.5 Å². The van der Waals surface area contributed by atoms with Crippen molar-refractivity contribution in [1.82, 2.24) is 8.61 Å². The number of unbranched alkanes of at least 4 members (excludes halogenated alkanes) is 1. The molecule has 0 aromatic heterocycles. The first-order valence-electron chi connectivity index (χ1n) is 7.97. The largest absolute Gasteiger partial charge is 0.448 e. The molecule has 0 fully saturated rings. The van der Waals surface area contributed by atoms with Crippen molar-refractivity contribution in [2.24, 2.45) is 11.1 Å². The molecule has 0 rings (SSSR count). The Hall–Kier alpha value is -1.09. The van der Waals surface area contributed by atoms with Gasteiger partial charge in [-0.2, -0.15) is 0 Å². The molecule has 0 aliphatic carbocycles. The molecule has 0 aliphatic heterocycles. The summed E-state index contributed by atoms with van der Waals surface area (Å²) in [6, 6.07) is 0. The molecule has 1 unspecified atom stereocenters. The lowest BCUT2D eigenvalue weighted by molar-refractivity contribution is 0.109. The molecule has 7 nitrogen and oxygen atoms in total. The van der Waals surface area contributed by atoms with Gasteiger partial charge in [-0.1, -0.05) is 38.3 Å².